The number of aromatic nitrogens is 3. The van der Waals surface area contributed by atoms with Crippen LogP contribution >= 0.6 is 0 Å². The SMILES string of the molecule is O=C(c1ccncc1F)N1CCCC(c2nc(Oc3ccccc3)no2)C1. The molecule has 3 heterocycles. The van der Waals surface area contributed by atoms with E-state index in [4.69, 9.17) is 9.26 Å². The van der Waals surface area contributed by atoms with E-state index in [0.717, 1.165) is 19.0 Å². The minimum Gasteiger partial charge on any atom is -0.422 e. The van der Waals surface area contributed by atoms with Crippen molar-refractivity contribution in [2.45, 2.75) is 18.8 Å². The molecule has 2 aromatic heterocycles. The normalized spacial score (nSPS) is 16.9. The molecular weight excluding hydrogens is 351 g/mol. The van der Waals surface area contributed by atoms with Gasteiger partial charge in [0.15, 0.2) is 5.82 Å². The maximum Gasteiger partial charge on any atom is 0.359 e. The van der Waals surface area contributed by atoms with Crippen molar-refractivity contribution in [3.05, 3.63) is 66.1 Å². The van der Waals surface area contributed by atoms with Crippen LogP contribution in [0, 0.1) is 5.82 Å². The van der Waals surface area contributed by atoms with Crippen LogP contribution in [-0.4, -0.2) is 39.0 Å². The van der Waals surface area contributed by atoms with Gasteiger partial charge in [-0.2, -0.15) is 4.98 Å². The molecular formula is C19H17FN4O3. The van der Waals surface area contributed by atoms with Gasteiger partial charge in [-0.1, -0.05) is 18.2 Å². The average molecular weight is 368 g/mol. The van der Waals surface area contributed by atoms with E-state index in [-0.39, 0.29) is 23.4 Å². The Bertz CT molecular complexity index is 931. The number of ether oxygens (including phenoxy) is 1. The summed E-state index contributed by atoms with van der Waals surface area (Å²) in [7, 11) is 0. The lowest BCUT2D eigenvalue weighted by Gasteiger charge is -2.31. The summed E-state index contributed by atoms with van der Waals surface area (Å²) in [5.41, 5.74) is 0.0179. The molecule has 1 aliphatic heterocycles. The molecule has 1 aliphatic rings. The van der Waals surface area contributed by atoms with Gasteiger partial charge in [-0.25, -0.2) is 4.39 Å². The number of halogens is 1. The molecule has 27 heavy (non-hydrogen) atoms. The Kier molecular flexibility index (Phi) is 4.78. The Morgan fingerprint density at radius 3 is 2.93 bits per heavy atom. The molecule has 8 heteroatoms. The van der Waals surface area contributed by atoms with Gasteiger partial charge in [-0.3, -0.25) is 9.78 Å². The first-order valence-corrected chi connectivity index (χ1v) is 8.66. The molecule has 7 nitrogen and oxygen atoms in total. The lowest BCUT2D eigenvalue weighted by Crippen LogP contribution is -2.39. The molecule has 1 unspecified atom stereocenters. The van der Waals surface area contributed by atoms with Crippen LogP contribution in [0.15, 0.2) is 53.3 Å². The van der Waals surface area contributed by atoms with Crippen molar-refractivity contribution in [2.75, 3.05) is 13.1 Å². The zero-order chi connectivity index (χ0) is 18.6. The molecule has 4 rings (SSSR count). The number of benzene rings is 1. The topological polar surface area (TPSA) is 81.4 Å². The van der Waals surface area contributed by atoms with Crippen LogP contribution in [0.25, 0.3) is 0 Å². The van der Waals surface area contributed by atoms with Gasteiger partial charge in [0.2, 0.25) is 5.89 Å². The highest BCUT2D eigenvalue weighted by atomic mass is 19.1. The van der Waals surface area contributed by atoms with Crippen molar-refractivity contribution in [2.24, 2.45) is 0 Å². The Balaban J connectivity index is 1.46. The number of piperidine rings is 1. The highest BCUT2D eigenvalue weighted by Gasteiger charge is 2.30. The summed E-state index contributed by atoms with van der Waals surface area (Å²) in [5.74, 6) is -0.0823. The number of carbonyl (C=O) groups is 1. The molecule has 1 saturated heterocycles. The molecule has 0 radical (unpaired) electrons. The van der Waals surface area contributed by atoms with Gasteiger partial charge in [0.05, 0.1) is 17.7 Å². The highest BCUT2D eigenvalue weighted by Crippen LogP contribution is 2.29. The van der Waals surface area contributed by atoms with Gasteiger partial charge in [0.25, 0.3) is 5.91 Å². The maximum absolute atomic E-state index is 13.9. The second-order valence-corrected chi connectivity index (χ2v) is 6.28. The van der Waals surface area contributed by atoms with E-state index in [1.54, 1.807) is 17.0 Å². The third kappa shape index (κ3) is 3.79. The smallest absolute Gasteiger partial charge is 0.359 e. The van der Waals surface area contributed by atoms with Gasteiger partial charge in [-0.15, -0.1) is 0 Å². The number of likely N-dealkylation sites (tertiary alicyclic amines) is 1. The molecule has 0 bridgehead atoms. The van der Waals surface area contributed by atoms with Gasteiger partial charge < -0.3 is 14.2 Å². The average Bonchev–Trinajstić information content (AvgIpc) is 3.17. The first-order valence-electron chi connectivity index (χ1n) is 8.66. The van der Waals surface area contributed by atoms with Gasteiger partial charge in [-0.05, 0) is 36.2 Å². The summed E-state index contributed by atoms with van der Waals surface area (Å²) in [6.07, 6.45) is 4.01. The molecule has 1 aromatic carbocycles. The third-order valence-corrected chi connectivity index (χ3v) is 4.44. The summed E-state index contributed by atoms with van der Waals surface area (Å²) in [4.78, 5) is 22.2. The van der Waals surface area contributed by atoms with E-state index < -0.39 is 5.82 Å². The van der Waals surface area contributed by atoms with Crippen molar-refractivity contribution < 1.29 is 18.4 Å². The summed E-state index contributed by atoms with van der Waals surface area (Å²) >= 11 is 0. The molecule has 1 fully saturated rings. The van der Waals surface area contributed by atoms with E-state index in [0.29, 0.717) is 24.7 Å². The Morgan fingerprint density at radius 1 is 1.26 bits per heavy atom. The zero-order valence-electron chi connectivity index (χ0n) is 14.4. The van der Waals surface area contributed by atoms with Crippen molar-refractivity contribution in [3.8, 4) is 11.8 Å². The first kappa shape index (κ1) is 17.1. The second-order valence-electron chi connectivity index (χ2n) is 6.28. The van der Waals surface area contributed by atoms with Crippen molar-refractivity contribution in [3.63, 3.8) is 0 Å². The molecule has 1 amide bonds. The second kappa shape index (κ2) is 7.53. The van der Waals surface area contributed by atoms with Gasteiger partial charge in [0, 0.05) is 19.3 Å². The predicted octanol–water partition coefficient (Wildman–Crippen LogP) is 3.42. The number of pyridine rings is 1. The summed E-state index contributed by atoms with van der Waals surface area (Å²) in [5, 5.41) is 3.85. The predicted molar refractivity (Wildman–Crippen MR) is 92.9 cm³/mol. The van der Waals surface area contributed by atoms with Crippen LogP contribution in [0.1, 0.15) is 35.0 Å². The van der Waals surface area contributed by atoms with Crippen molar-refractivity contribution in [1.82, 2.24) is 20.0 Å². The lowest BCUT2D eigenvalue weighted by molar-refractivity contribution is 0.0690. The summed E-state index contributed by atoms with van der Waals surface area (Å²) in [6, 6.07) is 10.7. The van der Waals surface area contributed by atoms with E-state index in [9.17, 15) is 9.18 Å². The van der Waals surface area contributed by atoms with Gasteiger partial charge >= 0.3 is 6.01 Å². The molecule has 0 N–H and O–H groups in total. The Morgan fingerprint density at radius 2 is 2.11 bits per heavy atom. The van der Waals surface area contributed by atoms with Crippen molar-refractivity contribution in [1.29, 1.82) is 0 Å². The van der Waals surface area contributed by atoms with E-state index >= 15 is 0 Å². The molecule has 0 spiro atoms. The van der Waals surface area contributed by atoms with Crippen LogP contribution in [0.4, 0.5) is 4.39 Å². The molecule has 3 aromatic rings. The Labute approximate surface area is 154 Å². The third-order valence-electron chi connectivity index (χ3n) is 4.44. The number of carbonyl (C=O) groups excluding carboxylic acids is 1. The summed E-state index contributed by atoms with van der Waals surface area (Å²) < 4.78 is 24.7. The van der Waals surface area contributed by atoms with Crippen LogP contribution < -0.4 is 4.74 Å². The fourth-order valence-corrected chi connectivity index (χ4v) is 3.10. The first-order chi connectivity index (χ1) is 13.2. The zero-order valence-corrected chi connectivity index (χ0v) is 14.4. The highest BCUT2D eigenvalue weighted by molar-refractivity contribution is 5.94. The van der Waals surface area contributed by atoms with Crippen molar-refractivity contribution >= 4 is 5.91 Å². The number of hydrogen-bond donors (Lipinski definition) is 0. The lowest BCUT2D eigenvalue weighted by atomic mass is 9.97. The van der Waals surface area contributed by atoms with E-state index in [2.05, 4.69) is 15.1 Å². The van der Waals surface area contributed by atoms with E-state index in [1.165, 1.54) is 12.3 Å². The summed E-state index contributed by atoms with van der Waals surface area (Å²) in [6.45, 7) is 0.937. The number of amides is 1. The largest absolute Gasteiger partial charge is 0.422 e. The van der Waals surface area contributed by atoms with Crippen LogP contribution in [0.5, 0.6) is 11.8 Å². The number of hydrogen-bond acceptors (Lipinski definition) is 6. The minimum absolute atomic E-state index is 0.0179. The monoisotopic (exact) mass is 368 g/mol. The quantitative estimate of drug-likeness (QED) is 0.702. The number of nitrogens with zero attached hydrogens (tertiary/aromatic N) is 4. The number of para-hydroxylation sites is 1. The molecule has 1 atom stereocenters. The fraction of sp³-hybridized carbons (Fsp3) is 0.263. The molecule has 138 valence electrons. The molecule has 0 saturated carbocycles. The van der Waals surface area contributed by atoms with Crippen LogP contribution in [0.2, 0.25) is 0 Å². The standard InChI is InChI=1S/C19H17FN4O3/c20-16-11-21-9-8-15(16)18(25)24-10-4-5-13(12-24)17-22-19(23-27-17)26-14-6-2-1-3-7-14/h1-3,6-9,11,13H,4-5,10,12H2. The Hall–Kier alpha value is -3.29. The van der Waals surface area contributed by atoms with E-state index in [1.807, 2.05) is 18.2 Å². The van der Waals surface area contributed by atoms with Crippen LogP contribution in [-0.2, 0) is 0 Å². The number of rotatable bonds is 4. The minimum atomic E-state index is -0.624. The van der Waals surface area contributed by atoms with Crippen LogP contribution in [0.3, 0.4) is 0 Å². The maximum atomic E-state index is 13.9. The van der Waals surface area contributed by atoms with Gasteiger partial charge in [0.1, 0.15) is 5.75 Å². The molecule has 0 aliphatic carbocycles. The fourth-order valence-electron chi connectivity index (χ4n) is 3.10.